The minimum Gasteiger partial charge on any atom is -0.368 e. The topological polar surface area (TPSA) is 52.7 Å². The Bertz CT molecular complexity index is 618. The van der Waals surface area contributed by atoms with Crippen molar-refractivity contribution in [1.29, 1.82) is 0 Å². The number of benzene rings is 1. The molecule has 0 bridgehead atoms. The molecule has 0 atom stereocenters. The fourth-order valence-electron chi connectivity index (χ4n) is 2.91. The van der Waals surface area contributed by atoms with Crippen LogP contribution in [0.1, 0.15) is 26.7 Å². The molecule has 1 heterocycles. The number of rotatable bonds is 4. The van der Waals surface area contributed by atoms with Gasteiger partial charge in [-0.15, -0.1) is 0 Å². The maximum Gasteiger partial charge on any atom is 0.237 e. The summed E-state index contributed by atoms with van der Waals surface area (Å²) in [5.41, 5.74) is -0.0880. The van der Waals surface area contributed by atoms with Crippen molar-refractivity contribution in [3.05, 3.63) is 30.1 Å². The van der Waals surface area contributed by atoms with Gasteiger partial charge in [0.25, 0.3) is 0 Å². The Kier molecular flexibility index (Phi) is 4.47. The van der Waals surface area contributed by atoms with Crippen molar-refractivity contribution in [2.75, 3.05) is 31.1 Å². The van der Waals surface area contributed by atoms with Crippen molar-refractivity contribution >= 4 is 17.5 Å². The molecule has 2 aliphatic rings. The fraction of sp³-hybridized carbons (Fsp3) is 0.556. The van der Waals surface area contributed by atoms with Crippen molar-refractivity contribution in [3.63, 3.8) is 0 Å². The third kappa shape index (κ3) is 3.52. The van der Waals surface area contributed by atoms with Gasteiger partial charge in [0.2, 0.25) is 11.8 Å². The van der Waals surface area contributed by atoms with Crippen LogP contribution in [0.5, 0.6) is 0 Å². The molecule has 2 amide bonds. The summed E-state index contributed by atoms with van der Waals surface area (Å²) < 4.78 is 13.0. The van der Waals surface area contributed by atoms with Crippen LogP contribution in [0.15, 0.2) is 24.3 Å². The normalized spacial score (nSPS) is 18.5. The van der Waals surface area contributed by atoms with Crippen molar-refractivity contribution in [2.45, 2.75) is 32.7 Å². The summed E-state index contributed by atoms with van der Waals surface area (Å²) in [6.45, 7) is 5.88. The summed E-state index contributed by atoms with van der Waals surface area (Å²) >= 11 is 0. The maximum atomic E-state index is 13.0. The third-order valence-electron chi connectivity index (χ3n) is 4.77. The van der Waals surface area contributed by atoms with Crippen molar-refractivity contribution in [2.24, 2.45) is 5.41 Å². The number of carbonyl (C=O) groups excluding carboxylic acids is 2. The van der Waals surface area contributed by atoms with E-state index in [1.54, 1.807) is 30.9 Å². The molecule has 3 rings (SSSR count). The number of halogens is 1. The Hall–Kier alpha value is -2.11. The average Bonchev–Trinajstić information content (AvgIpc) is 3.39. The summed E-state index contributed by atoms with van der Waals surface area (Å²) in [5.74, 6) is -0.564. The number of anilines is 1. The number of nitrogens with one attached hydrogen (secondary N) is 1. The van der Waals surface area contributed by atoms with Gasteiger partial charge in [-0.05, 0) is 51.0 Å². The molecule has 1 saturated carbocycles. The largest absolute Gasteiger partial charge is 0.368 e. The van der Waals surface area contributed by atoms with Crippen LogP contribution >= 0.6 is 0 Å². The summed E-state index contributed by atoms with van der Waals surface area (Å²) in [6, 6.07) is 6.63. The van der Waals surface area contributed by atoms with Gasteiger partial charge in [0.1, 0.15) is 11.2 Å². The first kappa shape index (κ1) is 16.7. The van der Waals surface area contributed by atoms with Crippen LogP contribution < -0.4 is 10.2 Å². The monoisotopic (exact) mass is 333 g/mol. The van der Waals surface area contributed by atoms with E-state index in [1.165, 1.54) is 12.1 Å². The molecule has 0 aromatic heterocycles. The second-order valence-corrected chi connectivity index (χ2v) is 7.13. The van der Waals surface area contributed by atoms with Gasteiger partial charge in [-0.2, -0.15) is 0 Å². The first-order chi connectivity index (χ1) is 11.4. The summed E-state index contributed by atoms with van der Waals surface area (Å²) in [6.07, 6.45) is 2.01. The molecule has 0 radical (unpaired) electrons. The third-order valence-corrected chi connectivity index (χ3v) is 4.77. The van der Waals surface area contributed by atoms with E-state index in [2.05, 4.69) is 10.2 Å². The molecule has 1 N–H and O–H groups in total. The van der Waals surface area contributed by atoms with E-state index in [1.807, 2.05) is 0 Å². The first-order valence-electron chi connectivity index (χ1n) is 8.49. The minimum absolute atomic E-state index is 0.126. The standard InChI is InChI=1S/C18H24FN3O2/c1-18(2,16(23)20-14-5-6-14)17(24)22-11-9-21(10-12-22)15-7-3-13(19)4-8-15/h3-4,7-8,14H,5-6,9-12H2,1-2H3,(H,20,23). The van der Waals surface area contributed by atoms with Gasteiger partial charge in [0.15, 0.2) is 0 Å². The Balaban J connectivity index is 1.57. The van der Waals surface area contributed by atoms with Gasteiger partial charge in [0.05, 0.1) is 0 Å². The highest BCUT2D eigenvalue weighted by Crippen LogP contribution is 2.25. The van der Waals surface area contributed by atoms with Crippen LogP contribution in [0.2, 0.25) is 0 Å². The highest BCUT2D eigenvalue weighted by molar-refractivity contribution is 6.04. The molecule has 1 saturated heterocycles. The van der Waals surface area contributed by atoms with Gasteiger partial charge in [-0.3, -0.25) is 9.59 Å². The lowest BCUT2D eigenvalue weighted by Crippen LogP contribution is -2.55. The predicted octanol–water partition coefficient (Wildman–Crippen LogP) is 1.78. The molecule has 1 aliphatic heterocycles. The Morgan fingerprint density at radius 1 is 1.08 bits per heavy atom. The molecule has 1 aromatic carbocycles. The molecule has 0 unspecified atom stereocenters. The number of carbonyl (C=O) groups is 2. The zero-order valence-electron chi connectivity index (χ0n) is 14.2. The molecular formula is C18H24FN3O2. The predicted molar refractivity (Wildman–Crippen MR) is 90.1 cm³/mol. The molecule has 2 fully saturated rings. The molecule has 1 aliphatic carbocycles. The molecule has 5 nitrogen and oxygen atoms in total. The van der Waals surface area contributed by atoms with E-state index in [9.17, 15) is 14.0 Å². The van der Waals surface area contributed by atoms with E-state index >= 15 is 0 Å². The lowest BCUT2D eigenvalue weighted by atomic mass is 9.90. The SMILES string of the molecule is CC(C)(C(=O)NC1CC1)C(=O)N1CCN(c2ccc(F)cc2)CC1. The van der Waals surface area contributed by atoms with E-state index < -0.39 is 5.41 Å². The van der Waals surface area contributed by atoms with Crippen LogP contribution in [0.25, 0.3) is 0 Å². The summed E-state index contributed by atoms with van der Waals surface area (Å²) in [5, 5.41) is 2.92. The second-order valence-electron chi connectivity index (χ2n) is 7.13. The quantitative estimate of drug-likeness (QED) is 0.855. The van der Waals surface area contributed by atoms with Crippen molar-refractivity contribution in [1.82, 2.24) is 10.2 Å². The van der Waals surface area contributed by atoms with Crippen LogP contribution in [-0.4, -0.2) is 48.9 Å². The molecule has 130 valence electrons. The zero-order chi connectivity index (χ0) is 17.3. The summed E-state index contributed by atoms with van der Waals surface area (Å²) in [7, 11) is 0. The first-order valence-corrected chi connectivity index (χ1v) is 8.49. The zero-order valence-corrected chi connectivity index (χ0v) is 14.2. The summed E-state index contributed by atoms with van der Waals surface area (Å²) in [4.78, 5) is 28.9. The fourth-order valence-corrected chi connectivity index (χ4v) is 2.91. The Morgan fingerprint density at radius 3 is 2.21 bits per heavy atom. The van der Waals surface area contributed by atoms with Gasteiger partial charge < -0.3 is 15.1 Å². The van der Waals surface area contributed by atoms with E-state index in [-0.39, 0.29) is 23.7 Å². The van der Waals surface area contributed by atoms with Gasteiger partial charge in [-0.1, -0.05) is 0 Å². The smallest absolute Gasteiger partial charge is 0.237 e. The second kappa shape index (κ2) is 6.42. The number of hydrogen-bond donors (Lipinski definition) is 1. The van der Waals surface area contributed by atoms with E-state index in [0.717, 1.165) is 18.5 Å². The highest BCUT2D eigenvalue weighted by atomic mass is 19.1. The average molecular weight is 333 g/mol. The lowest BCUT2D eigenvalue weighted by Gasteiger charge is -2.39. The van der Waals surface area contributed by atoms with Crippen LogP contribution in [-0.2, 0) is 9.59 Å². The van der Waals surface area contributed by atoms with Gasteiger partial charge >= 0.3 is 0 Å². The molecule has 24 heavy (non-hydrogen) atoms. The minimum atomic E-state index is -1.04. The number of nitrogens with zero attached hydrogens (tertiary/aromatic N) is 2. The molecule has 0 spiro atoms. The highest BCUT2D eigenvalue weighted by Gasteiger charge is 2.41. The van der Waals surface area contributed by atoms with Crippen LogP contribution in [0.4, 0.5) is 10.1 Å². The van der Waals surface area contributed by atoms with Crippen LogP contribution in [0.3, 0.4) is 0 Å². The van der Waals surface area contributed by atoms with E-state index in [0.29, 0.717) is 26.2 Å². The number of hydrogen-bond acceptors (Lipinski definition) is 3. The number of piperazine rings is 1. The van der Waals surface area contributed by atoms with Gasteiger partial charge in [0, 0.05) is 37.9 Å². The maximum absolute atomic E-state index is 13.0. The molecular weight excluding hydrogens is 309 g/mol. The van der Waals surface area contributed by atoms with Crippen LogP contribution in [0, 0.1) is 11.2 Å². The Morgan fingerprint density at radius 2 is 1.67 bits per heavy atom. The van der Waals surface area contributed by atoms with E-state index in [4.69, 9.17) is 0 Å². The van der Waals surface area contributed by atoms with Crippen molar-refractivity contribution < 1.29 is 14.0 Å². The Labute approximate surface area is 141 Å². The molecule has 1 aromatic rings. The lowest BCUT2D eigenvalue weighted by molar-refractivity contribution is -0.148. The van der Waals surface area contributed by atoms with Crippen molar-refractivity contribution in [3.8, 4) is 0 Å². The number of amides is 2. The molecule has 6 heteroatoms. The van der Waals surface area contributed by atoms with Gasteiger partial charge in [-0.25, -0.2) is 4.39 Å².